The van der Waals surface area contributed by atoms with Crippen LogP contribution in [0.2, 0.25) is 0 Å². The third-order valence-corrected chi connectivity index (χ3v) is 2.71. The van der Waals surface area contributed by atoms with Gasteiger partial charge in [0.25, 0.3) is 0 Å². The Balaban J connectivity index is 2.11. The molecular formula is C13H8F3N3O. The topological polar surface area (TPSA) is 64.9 Å². The zero-order valence-electron chi connectivity index (χ0n) is 9.98. The van der Waals surface area contributed by atoms with Crippen LogP contribution in [-0.2, 0) is 6.18 Å². The van der Waals surface area contributed by atoms with Crippen LogP contribution in [0.3, 0.4) is 0 Å². The van der Waals surface area contributed by atoms with E-state index in [1.807, 2.05) is 0 Å². The van der Waals surface area contributed by atoms with Crippen LogP contribution >= 0.6 is 0 Å². The second kappa shape index (κ2) is 4.22. The first kappa shape index (κ1) is 12.5. The van der Waals surface area contributed by atoms with Crippen LogP contribution in [0, 0.1) is 0 Å². The fourth-order valence-electron chi connectivity index (χ4n) is 1.77. The van der Waals surface area contributed by atoms with E-state index in [1.54, 1.807) is 24.3 Å². The van der Waals surface area contributed by atoms with Gasteiger partial charge in [-0.15, -0.1) is 0 Å². The summed E-state index contributed by atoms with van der Waals surface area (Å²) in [6.07, 6.45) is -3.74. The summed E-state index contributed by atoms with van der Waals surface area (Å²) in [5, 5.41) is 0. The molecule has 4 nitrogen and oxygen atoms in total. The van der Waals surface area contributed by atoms with Crippen molar-refractivity contribution in [1.82, 2.24) is 9.97 Å². The number of rotatable bonds is 1. The van der Waals surface area contributed by atoms with Crippen LogP contribution in [-0.4, -0.2) is 9.97 Å². The predicted molar refractivity (Wildman–Crippen MR) is 66.7 cm³/mol. The average molecular weight is 279 g/mol. The van der Waals surface area contributed by atoms with Crippen molar-refractivity contribution in [1.29, 1.82) is 0 Å². The maximum Gasteiger partial charge on any atom is 0.417 e. The fourth-order valence-corrected chi connectivity index (χ4v) is 1.77. The molecule has 102 valence electrons. The molecule has 1 aromatic carbocycles. The molecule has 3 aromatic rings. The molecule has 7 heteroatoms. The molecule has 0 aliphatic carbocycles. The fraction of sp³-hybridized carbons (Fsp3) is 0.0769. The lowest BCUT2D eigenvalue weighted by Gasteiger charge is -2.03. The molecule has 2 aromatic heterocycles. The number of anilines is 1. The molecule has 2 N–H and O–H groups in total. The molecule has 0 bridgehead atoms. The number of nitrogens with two attached hydrogens (primary N) is 1. The third kappa shape index (κ3) is 2.18. The second-order valence-electron chi connectivity index (χ2n) is 4.19. The summed E-state index contributed by atoms with van der Waals surface area (Å²) in [6.45, 7) is 0. The first-order valence-corrected chi connectivity index (χ1v) is 5.63. The molecule has 0 unspecified atom stereocenters. The number of oxazole rings is 1. The number of alkyl halides is 3. The Morgan fingerprint density at radius 1 is 1.15 bits per heavy atom. The minimum Gasteiger partial charge on any atom is -0.418 e. The van der Waals surface area contributed by atoms with Crippen molar-refractivity contribution in [3.05, 3.63) is 42.1 Å². The molecule has 0 spiro atoms. The highest BCUT2D eigenvalue weighted by molar-refractivity contribution is 5.74. The standard InChI is InChI=1S/C13H8F3N3O/c14-13(15,16)8-5-10-12(18-6-8)20-11(19-10)7-2-1-3-9(17)4-7/h1-6H,17H2. The molecule has 20 heavy (non-hydrogen) atoms. The van der Waals surface area contributed by atoms with Crippen molar-refractivity contribution in [2.24, 2.45) is 0 Å². The number of aromatic nitrogens is 2. The van der Waals surface area contributed by atoms with E-state index < -0.39 is 11.7 Å². The molecule has 3 rings (SSSR count). The molecule has 0 aliphatic heterocycles. The summed E-state index contributed by atoms with van der Waals surface area (Å²) in [7, 11) is 0. The number of pyridine rings is 1. The van der Waals surface area contributed by atoms with Gasteiger partial charge in [-0.3, -0.25) is 0 Å². The minimum absolute atomic E-state index is 0.0513. The maximum absolute atomic E-state index is 12.6. The Morgan fingerprint density at radius 3 is 2.65 bits per heavy atom. The number of nitrogen functional groups attached to an aromatic ring is 1. The van der Waals surface area contributed by atoms with Gasteiger partial charge >= 0.3 is 6.18 Å². The Bertz CT molecular complexity index is 780. The Hall–Kier alpha value is -2.57. The maximum atomic E-state index is 12.6. The lowest BCUT2D eigenvalue weighted by Crippen LogP contribution is -2.04. The van der Waals surface area contributed by atoms with Crippen molar-refractivity contribution >= 4 is 16.9 Å². The zero-order valence-corrected chi connectivity index (χ0v) is 9.98. The normalized spacial score (nSPS) is 11.9. The number of halogens is 3. The van der Waals surface area contributed by atoms with Crippen LogP contribution in [0.4, 0.5) is 18.9 Å². The number of hydrogen-bond donors (Lipinski definition) is 1. The summed E-state index contributed by atoms with van der Waals surface area (Å²) < 4.78 is 43.1. The van der Waals surface area contributed by atoms with Gasteiger partial charge in [-0.25, -0.2) is 9.97 Å². The highest BCUT2D eigenvalue weighted by Gasteiger charge is 2.31. The van der Waals surface area contributed by atoms with Gasteiger partial charge in [0.05, 0.1) is 5.56 Å². The zero-order chi connectivity index (χ0) is 14.3. The SMILES string of the molecule is Nc1cccc(-c2nc3cc(C(F)(F)F)cnc3o2)c1. The minimum atomic E-state index is -4.46. The number of hydrogen-bond acceptors (Lipinski definition) is 4. The molecule has 0 atom stereocenters. The average Bonchev–Trinajstić information content (AvgIpc) is 2.80. The van der Waals surface area contributed by atoms with Crippen molar-refractivity contribution in [2.45, 2.75) is 6.18 Å². The van der Waals surface area contributed by atoms with E-state index in [9.17, 15) is 13.2 Å². The van der Waals surface area contributed by atoms with E-state index in [0.717, 1.165) is 12.3 Å². The summed E-state index contributed by atoms with van der Waals surface area (Å²) in [5.74, 6) is 0.180. The Kier molecular flexibility index (Phi) is 2.63. The lowest BCUT2D eigenvalue weighted by molar-refractivity contribution is -0.137. The van der Waals surface area contributed by atoms with E-state index in [-0.39, 0.29) is 17.1 Å². The number of benzene rings is 1. The van der Waals surface area contributed by atoms with Crippen LogP contribution in [0.15, 0.2) is 40.9 Å². The van der Waals surface area contributed by atoms with Crippen LogP contribution < -0.4 is 5.73 Å². The van der Waals surface area contributed by atoms with Crippen LogP contribution in [0.25, 0.3) is 22.7 Å². The number of nitrogens with zero attached hydrogens (tertiary/aromatic N) is 2. The first-order valence-electron chi connectivity index (χ1n) is 5.63. The monoisotopic (exact) mass is 279 g/mol. The molecule has 0 radical (unpaired) electrons. The third-order valence-electron chi connectivity index (χ3n) is 2.71. The highest BCUT2D eigenvalue weighted by atomic mass is 19.4. The summed E-state index contributed by atoms with van der Waals surface area (Å²) in [4.78, 5) is 7.65. The van der Waals surface area contributed by atoms with Gasteiger partial charge < -0.3 is 10.2 Å². The molecule has 2 heterocycles. The van der Waals surface area contributed by atoms with Crippen molar-refractivity contribution < 1.29 is 17.6 Å². The van der Waals surface area contributed by atoms with Gasteiger partial charge in [-0.2, -0.15) is 13.2 Å². The molecule has 0 aliphatic rings. The quantitative estimate of drug-likeness (QED) is 0.692. The molecule has 0 fully saturated rings. The molecule has 0 saturated heterocycles. The van der Waals surface area contributed by atoms with E-state index in [4.69, 9.17) is 10.2 Å². The summed E-state index contributed by atoms with van der Waals surface area (Å²) in [6, 6.07) is 7.61. The van der Waals surface area contributed by atoms with Gasteiger partial charge in [0.2, 0.25) is 11.6 Å². The Morgan fingerprint density at radius 2 is 1.95 bits per heavy atom. The van der Waals surface area contributed by atoms with Gasteiger partial charge in [0.1, 0.15) is 5.52 Å². The molecular weight excluding hydrogens is 271 g/mol. The van der Waals surface area contributed by atoms with Crippen LogP contribution in [0.1, 0.15) is 5.56 Å². The van der Waals surface area contributed by atoms with Gasteiger partial charge in [-0.05, 0) is 24.3 Å². The van der Waals surface area contributed by atoms with Gasteiger partial charge in [0, 0.05) is 17.4 Å². The summed E-state index contributed by atoms with van der Waals surface area (Å²) >= 11 is 0. The van der Waals surface area contributed by atoms with Gasteiger partial charge in [0.15, 0.2) is 0 Å². The van der Waals surface area contributed by atoms with Crippen molar-refractivity contribution in [2.75, 3.05) is 5.73 Å². The molecule has 0 saturated carbocycles. The van der Waals surface area contributed by atoms with E-state index in [1.165, 1.54) is 0 Å². The van der Waals surface area contributed by atoms with E-state index in [0.29, 0.717) is 11.3 Å². The predicted octanol–water partition coefficient (Wildman–Crippen LogP) is 3.49. The molecule has 0 amide bonds. The number of fused-ring (bicyclic) bond motifs is 1. The Labute approximate surface area is 111 Å². The second-order valence-corrected chi connectivity index (χ2v) is 4.19. The van der Waals surface area contributed by atoms with Crippen molar-refractivity contribution in [3.8, 4) is 11.5 Å². The van der Waals surface area contributed by atoms with Crippen LogP contribution in [0.5, 0.6) is 0 Å². The summed E-state index contributed by atoms with van der Waals surface area (Å²) in [5.41, 5.74) is 5.97. The van der Waals surface area contributed by atoms with Crippen molar-refractivity contribution in [3.63, 3.8) is 0 Å². The van der Waals surface area contributed by atoms with Gasteiger partial charge in [-0.1, -0.05) is 6.07 Å². The van der Waals surface area contributed by atoms with E-state index in [2.05, 4.69) is 9.97 Å². The first-order chi connectivity index (χ1) is 9.43. The smallest absolute Gasteiger partial charge is 0.417 e. The van der Waals surface area contributed by atoms with E-state index >= 15 is 0 Å². The lowest BCUT2D eigenvalue weighted by atomic mass is 10.2. The largest absolute Gasteiger partial charge is 0.418 e. The highest BCUT2D eigenvalue weighted by Crippen LogP contribution is 2.31.